The SMILES string of the molecule is CCC(C)c1ccc(OCc2ccc(Br)c(N)c2)cc1. The number of hydrogen-bond acceptors (Lipinski definition) is 2. The smallest absolute Gasteiger partial charge is 0.119 e. The molecule has 1 atom stereocenters. The third kappa shape index (κ3) is 3.76. The van der Waals surface area contributed by atoms with Crippen LogP contribution in [0, 0.1) is 0 Å². The molecule has 0 aliphatic carbocycles. The van der Waals surface area contributed by atoms with Gasteiger partial charge in [0.25, 0.3) is 0 Å². The fraction of sp³-hybridized carbons (Fsp3) is 0.294. The van der Waals surface area contributed by atoms with E-state index >= 15 is 0 Å². The number of rotatable bonds is 5. The normalized spacial score (nSPS) is 12.2. The molecule has 0 fully saturated rings. The van der Waals surface area contributed by atoms with Gasteiger partial charge in [0.05, 0.1) is 0 Å². The van der Waals surface area contributed by atoms with E-state index in [-0.39, 0.29) is 0 Å². The number of anilines is 1. The van der Waals surface area contributed by atoms with E-state index < -0.39 is 0 Å². The van der Waals surface area contributed by atoms with Gasteiger partial charge in [-0.1, -0.05) is 32.0 Å². The Morgan fingerprint density at radius 2 is 1.85 bits per heavy atom. The van der Waals surface area contributed by atoms with Crippen molar-refractivity contribution in [1.82, 2.24) is 0 Å². The van der Waals surface area contributed by atoms with Gasteiger partial charge < -0.3 is 10.5 Å². The van der Waals surface area contributed by atoms with E-state index in [1.54, 1.807) is 0 Å². The van der Waals surface area contributed by atoms with Crippen molar-refractivity contribution in [2.24, 2.45) is 0 Å². The molecule has 0 radical (unpaired) electrons. The van der Waals surface area contributed by atoms with Crippen LogP contribution in [0.15, 0.2) is 46.9 Å². The molecular weight excluding hydrogens is 314 g/mol. The van der Waals surface area contributed by atoms with E-state index in [0.29, 0.717) is 12.5 Å². The van der Waals surface area contributed by atoms with E-state index in [9.17, 15) is 0 Å². The number of nitrogens with two attached hydrogens (primary N) is 1. The van der Waals surface area contributed by atoms with Crippen LogP contribution >= 0.6 is 15.9 Å². The summed E-state index contributed by atoms with van der Waals surface area (Å²) in [7, 11) is 0. The molecule has 0 amide bonds. The largest absolute Gasteiger partial charge is 0.489 e. The Balaban J connectivity index is 1.98. The van der Waals surface area contributed by atoms with Crippen LogP contribution in [-0.4, -0.2) is 0 Å². The molecule has 2 N–H and O–H groups in total. The second kappa shape index (κ2) is 6.80. The zero-order chi connectivity index (χ0) is 14.5. The fourth-order valence-electron chi connectivity index (χ4n) is 1.98. The Hall–Kier alpha value is -1.48. The Morgan fingerprint density at radius 1 is 1.15 bits per heavy atom. The van der Waals surface area contributed by atoms with Crippen molar-refractivity contribution in [2.75, 3.05) is 5.73 Å². The summed E-state index contributed by atoms with van der Waals surface area (Å²) in [6.45, 7) is 4.97. The van der Waals surface area contributed by atoms with Crippen LogP contribution in [0.3, 0.4) is 0 Å². The van der Waals surface area contributed by atoms with Crippen molar-refractivity contribution in [3.05, 3.63) is 58.1 Å². The lowest BCUT2D eigenvalue weighted by Gasteiger charge is -2.11. The van der Waals surface area contributed by atoms with Crippen LogP contribution in [0.25, 0.3) is 0 Å². The lowest BCUT2D eigenvalue weighted by atomic mass is 9.99. The first kappa shape index (κ1) is 14.9. The van der Waals surface area contributed by atoms with Crippen LogP contribution in [0.2, 0.25) is 0 Å². The summed E-state index contributed by atoms with van der Waals surface area (Å²) in [6.07, 6.45) is 1.15. The van der Waals surface area contributed by atoms with Crippen LogP contribution < -0.4 is 10.5 Å². The van der Waals surface area contributed by atoms with Gasteiger partial charge in [0, 0.05) is 10.2 Å². The Morgan fingerprint density at radius 3 is 2.45 bits per heavy atom. The molecule has 0 aromatic heterocycles. The number of benzene rings is 2. The van der Waals surface area contributed by atoms with Crippen LogP contribution in [-0.2, 0) is 6.61 Å². The van der Waals surface area contributed by atoms with Gasteiger partial charge in [0.15, 0.2) is 0 Å². The third-order valence-corrected chi connectivity index (χ3v) is 4.25. The van der Waals surface area contributed by atoms with Crippen molar-refractivity contribution < 1.29 is 4.74 Å². The number of halogens is 1. The second-order valence-electron chi connectivity index (χ2n) is 5.02. The topological polar surface area (TPSA) is 35.2 Å². The van der Waals surface area contributed by atoms with E-state index in [1.165, 1.54) is 5.56 Å². The number of hydrogen-bond donors (Lipinski definition) is 1. The van der Waals surface area contributed by atoms with Crippen molar-refractivity contribution in [1.29, 1.82) is 0 Å². The van der Waals surface area contributed by atoms with Crippen LogP contribution in [0.4, 0.5) is 5.69 Å². The predicted molar refractivity (Wildman–Crippen MR) is 88.0 cm³/mol. The zero-order valence-corrected chi connectivity index (χ0v) is 13.5. The molecule has 0 aliphatic heterocycles. The van der Waals surface area contributed by atoms with Gasteiger partial charge >= 0.3 is 0 Å². The highest BCUT2D eigenvalue weighted by atomic mass is 79.9. The van der Waals surface area contributed by atoms with Gasteiger partial charge in [-0.2, -0.15) is 0 Å². The fourth-order valence-corrected chi connectivity index (χ4v) is 2.22. The van der Waals surface area contributed by atoms with Crippen molar-refractivity contribution >= 4 is 21.6 Å². The predicted octanol–water partition coefficient (Wildman–Crippen LogP) is 5.12. The lowest BCUT2D eigenvalue weighted by molar-refractivity contribution is 0.306. The van der Waals surface area contributed by atoms with Gasteiger partial charge in [0.1, 0.15) is 12.4 Å². The molecule has 2 rings (SSSR count). The molecule has 0 saturated carbocycles. The van der Waals surface area contributed by atoms with Crippen LogP contribution in [0.1, 0.15) is 37.3 Å². The highest BCUT2D eigenvalue weighted by Gasteiger charge is 2.03. The van der Waals surface area contributed by atoms with Crippen molar-refractivity contribution in [3.8, 4) is 5.75 Å². The molecule has 0 bridgehead atoms. The first-order chi connectivity index (χ1) is 9.60. The van der Waals surface area contributed by atoms with Crippen molar-refractivity contribution in [3.63, 3.8) is 0 Å². The summed E-state index contributed by atoms with van der Waals surface area (Å²) < 4.78 is 6.70. The summed E-state index contributed by atoms with van der Waals surface area (Å²) >= 11 is 3.39. The van der Waals surface area contributed by atoms with E-state index in [4.69, 9.17) is 10.5 Å². The lowest BCUT2D eigenvalue weighted by Crippen LogP contribution is -1.98. The average molecular weight is 334 g/mol. The zero-order valence-electron chi connectivity index (χ0n) is 11.9. The average Bonchev–Trinajstić information content (AvgIpc) is 2.48. The molecule has 2 aromatic carbocycles. The third-order valence-electron chi connectivity index (χ3n) is 3.53. The number of nitrogen functional groups attached to an aromatic ring is 1. The highest BCUT2D eigenvalue weighted by Crippen LogP contribution is 2.23. The summed E-state index contributed by atoms with van der Waals surface area (Å²) in [5.41, 5.74) is 9.01. The number of ether oxygens (including phenoxy) is 1. The van der Waals surface area contributed by atoms with Gasteiger partial charge in [0.2, 0.25) is 0 Å². The first-order valence-corrected chi connectivity index (χ1v) is 7.66. The van der Waals surface area contributed by atoms with E-state index in [2.05, 4.69) is 41.9 Å². The van der Waals surface area contributed by atoms with E-state index in [0.717, 1.165) is 27.9 Å². The second-order valence-corrected chi connectivity index (χ2v) is 5.88. The van der Waals surface area contributed by atoms with E-state index in [1.807, 2.05) is 30.3 Å². The Kier molecular flexibility index (Phi) is 5.07. The van der Waals surface area contributed by atoms with Gasteiger partial charge in [-0.25, -0.2) is 0 Å². The van der Waals surface area contributed by atoms with Gasteiger partial charge in [-0.05, 0) is 63.7 Å². The molecule has 20 heavy (non-hydrogen) atoms. The molecule has 0 aliphatic rings. The minimum absolute atomic E-state index is 0.528. The molecular formula is C17H20BrNO. The molecule has 3 heteroatoms. The van der Waals surface area contributed by atoms with Crippen LogP contribution in [0.5, 0.6) is 5.75 Å². The maximum atomic E-state index is 5.86. The minimum Gasteiger partial charge on any atom is -0.489 e. The molecule has 2 aromatic rings. The molecule has 0 saturated heterocycles. The molecule has 0 heterocycles. The summed E-state index contributed by atoms with van der Waals surface area (Å²) in [5, 5.41) is 0. The Bertz CT molecular complexity index is 566. The molecule has 106 valence electrons. The minimum atomic E-state index is 0.528. The van der Waals surface area contributed by atoms with Gasteiger partial charge in [-0.3, -0.25) is 0 Å². The highest BCUT2D eigenvalue weighted by molar-refractivity contribution is 9.10. The maximum absolute atomic E-state index is 5.86. The standard InChI is InChI=1S/C17H20BrNO/c1-3-12(2)14-5-7-15(8-6-14)20-11-13-4-9-16(18)17(19)10-13/h4-10,12H,3,11,19H2,1-2H3. The quantitative estimate of drug-likeness (QED) is 0.770. The monoisotopic (exact) mass is 333 g/mol. The molecule has 2 nitrogen and oxygen atoms in total. The summed E-state index contributed by atoms with van der Waals surface area (Å²) in [5.74, 6) is 1.48. The Labute approximate surface area is 129 Å². The summed E-state index contributed by atoms with van der Waals surface area (Å²) in [6, 6.07) is 14.2. The molecule has 1 unspecified atom stereocenters. The summed E-state index contributed by atoms with van der Waals surface area (Å²) in [4.78, 5) is 0. The first-order valence-electron chi connectivity index (χ1n) is 6.86. The van der Waals surface area contributed by atoms with Gasteiger partial charge in [-0.15, -0.1) is 0 Å². The van der Waals surface area contributed by atoms with Crippen molar-refractivity contribution in [2.45, 2.75) is 32.8 Å². The molecule has 0 spiro atoms. The maximum Gasteiger partial charge on any atom is 0.119 e.